The summed E-state index contributed by atoms with van der Waals surface area (Å²) in [7, 11) is 0. The third kappa shape index (κ3) is 3.51. The fourth-order valence-electron chi connectivity index (χ4n) is 2.71. The van der Waals surface area contributed by atoms with E-state index >= 15 is 0 Å². The number of aromatic nitrogens is 3. The van der Waals surface area contributed by atoms with Gasteiger partial charge in [0.1, 0.15) is 5.75 Å². The zero-order chi connectivity index (χ0) is 17.8. The Morgan fingerprint density at radius 3 is 2.58 bits per heavy atom. The van der Waals surface area contributed by atoms with Gasteiger partial charge in [0, 0.05) is 11.3 Å². The lowest BCUT2D eigenvalue weighted by molar-refractivity contribution is 0.309. The molecule has 0 aliphatic carbocycles. The first kappa shape index (κ1) is 16.8. The third-order valence-corrected chi connectivity index (χ3v) is 5.09. The monoisotopic (exact) mass is 364 g/mol. The maximum Gasteiger partial charge on any atom is 0.212 e. The number of ether oxygens (including phenoxy) is 1. The maximum absolute atomic E-state index is 5.73. The second kappa shape index (κ2) is 7.74. The Kier molecular flexibility index (Phi) is 5.02. The van der Waals surface area contributed by atoms with E-state index in [0.717, 1.165) is 58.8 Å². The van der Waals surface area contributed by atoms with Gasteiger partial charge in [-0.05, 0) is 36.2 Å². The Morgan fingerprint density at radius 1 is 1.00 bits per heavy atom. The van der Waals surface area contributed by atoms with Crippen molar-refractivity contribution in [3.8, 4) is 17.1 Å². The summed E-state index contributed by atoms with van der Waals surface area (Å²) in [5, 5.41) is 14.2. The van der Waals surface area contributed by atoms with E-state index in [1.54, 1.807) is 11.8 Å². The van der Waals surface area contributed by atoms with Crippen LogP contribution in [-0.4, -0.2) is 32.9 Å². The highest BCUT2D eigenvalue weighted by Crippen LogP contribution is 2.29. The number of nitrogens with zero attached hydrogens (tertiary/aromatic N) is 4. The second-order valence-electron chi connectivity index (χ2n) is 6.05. The van der Waals surface area contributed by atoms with E-state index < -0.39 is 0 Å². The molecule has 0 fully saturated rings. The molecule has 0 unspecified atom stereocenters. The van der Waals surface area contributed by atoms with Crippen molar-refractivity contribution in [2.45, 2.75) is 24.9 Å². The molecule has 1 aliphatic heterocycles. The van der Waals surface area contributed by atoms with E-state index in [1.165, 1.54) is 0 Å². The quantitative estimate of drug-likeness (QED) is 0.605. The number of rotatable bonds is 6. The Balaban J connectivity index is 1.60. The zero-order valence-electron chi connectivity index (χ0n) is 14.6. The van der Waals surface area contributed by atoms with Crippen LogP contribution in [0.15, 0.2) is 64.9 Å². The molecule has 0 radical (unpaired) electrons. The third-order valence-electron chi connectivity index (χ3n) is 4.16. The fourth-order valence-corrected chi connectivity index (χ4v) is 3.55. The van der Waals surface area contributed by atoms with Gasteiger partial charge in [0.2, 0.25) is 5.16 Å². The smallest absolute Gasteiger partial charge is 0.212 e. The molecule has 5 nitrogen and oxygen atoms in total. The summed E-state index contributed by atoms with van der Waals surface area (Å²) >= 11 is 1.66. The average Bonchev–Trinajstić information content (AvgIpc) is 3.13. The molecular formula is C20H20N4OS. The normalized spacial score (nSPS) is 13.2. The minimum Gasteiger partial charge on any atom is -0.494 e. The van der Waals surface area contributed by atoms with Gasteiger partial charge in [-0.25, -0.2) is 0 Å². The molecule has 0 bridgehead atoms. The van der Waals surface area contributed by atoms with Gasteiger partial charge in [0.15, 0.2) is 5.82 Å². The van der Waals surface area contributed by atoms with Crippen LogP contribution in [0.4, 0.5) is 0 Å². The lowest BCUT2D eigenvalue weighted by Gasteiger charge is -2.14. The predicted molar refractivity (Wildman–Crippen MR) is 105 cm³/mol. The minimum absolute atomic E-state index is 0.748. The highest BCUT2D eigenvalue weighted by Gasteiger charge is 2.20. The van der Waals surface area contributed by atoms with Crippen LogP contribution in [0.25, 0.3) is 11.4 Å². The van der Waals surface area contributed by atoms with Crippen LogP contribution in [0.1, 0.15) is 25.3 Å². The van der Waals surface area contributed by atoms with Crippen molar-refractivity contribution in [3.05, 3.63) is 60.2 Å². The molecule has 1 aromatic heterocycles. The number of thioether (sulfide) groups is 1. The van der Waals surface area contributed by atoms with Crippen LogP contribution in [0, 0.1) is 0 Å². The number of fused-ring (bicyclic) bond motifs is 1. The second-order valence-corrected chi connectivity index (χ2v) is 6.99. The molecule has 0 spiro atoms. The van der Waals surface area contributed by atoms with E-state index in [1.807, 2.05) is 47.1 Å². The Hall–Kier alpha value is -2.60. The molecule has 6 heteroatoms. The molecule has 1 aliphatic rings. The van der Waals surface area contributed by atoms with Crippen molar-refractivity contribution in [2.75, 3.05) is 12.4 Å². The standard InChI is InChI=1S/C20H20N4OS/c1-2-3-13-25-17-11-9-16(10-12-17)19-21-22-20-24(19)23-18(14-26-20)15-7-5-4-6-8-15/h4-12H,2-3,13-14H2,1H3. The molecule has 0 saturated heterocycles. The zero-order valence-corrected chi connectivity index (χ0v) is 15.4. The van der Waals surface area contributed by atoms with Gasteiger partial charge in [0.25, 0.3) is 0 Å². The van der Waals surface area contributed by atoms with Crippen LogP contribution >= 0.6 is 11.8 Å². The van der Waals surface area contributed by atoms with E-state index in [-0.39, 0.29) is 0 Å². The molecular weight excluding hydrogens is 344 g/mol. The van der Waals surface area contributed by atoms with Gasteiger partial charge in [-0.1, -0.05) is 55.4 Å². The minimum atomic E-state index is 0.748. The summed E-state index contributed by atoms with van der Waals surface area (Å²) < 4.78 is 7.57. The van der Waals surface area contributed by atoms with Crippen molar-refractivity contribution >= 4 is 17.5 Å². The molecule has 132 valence electrons. The average molecular weight is 364 g/mol. The van der Waals surface area contributed by atoms with Crippen LogP contribution in [0.3, 0.4) is 0 Å². The highest BCUT2D eigenvalue weighted by molar-refractivity contribution is 7.99. The van der Waals surface area contributed by atoms with Crippen molar-refractivity contribution in [1.29, 1.82) is 0 Å². The largest absolute Gasteiger partial charge is 0.494 e. The summed E-state index contributed by atoms with van der Waals surface area (Å²) in [6, 6.07) is 18.2. The maximum atomic E-state index is 5.73. The van der Waals surface area contributed by atoms with Gasteiger partial charge < -0.3 is 4.74 Å². The van der Waals surface area contributed by atoms with Gasteiger partial charge in [-0.2, -0.15) is 9.78 Å². The molecule has 0 amide bonds. The molecule has 4 rings (SSSR count). The van der Waals surface area contributed by atoms with Crippen LogP contribution in [0.5, 0.6) is 5.75 Å². The molecule has 2 heterocycles. The summed E-state index contributed by atoms with van der Waals surface area (Å²) in [6.07, 6.45) is 2.19. The highest BCUT2D eigenvalue weighted by atomic mass is 32.2. The summed E-state index contributed by atoms with van der Waals surface area (Å²) in [4.78, 5) is 0. The van der Waals surface area contributed by atoms with E-state index in [2.05, 4.69) is 29.3 Å². The van der Waals surface area contributed by atoms with Gasteiger partial charge in [-0.3, -0.25) is 0 Å². The van der Waals surface area contributed by atoms with Crippen molar-refractivity contribution in [1.82, 2.24) is 14.9 Å². The molecule has 26 heavy (non-hydrogen) atoms. The van der Waals surface area contributed by atoms with Crippen molar-refractivity contribution in [3.63, 3.8) is 0 Å². The number of hydrogen-bond acceptors (Lipinski definition) is 5. The SMILES string of the molecule is CCCCOc1ccc(-c2nnc3n2N=C(c2ccccc2)CS3)cc1. The first-order chi connectivity index (χ1) is 12.8. The topological polar surface area (TPSA) is 52.3 Å². The molecule has 0 saturated carbocycles. The molecule has 2 aromatic carbocycles. The summed E-state index contributed by atoms with van der Waals surface area (Å²) in [6.45, 7) is 2.90. The van der Waals surface area contributed by atoms with Crippen molar-refractivity contribution < 1.29 is 4.74 Å². The Bertz CT molecular complexity index is 903. The fraction of sp³-hybridized carbons (Fsp3) is 0.250. The molecule has 0 atom stereocenters. The predicted octanol–water partition coefficient (Wildman–Crippen LogP) is 4.48. The first-order valence-electron chi connectivity index (χ1n) is 8.80. The van der Waals surface area contributed by atoms with Gasteiger partial charge >= 0.3 is 0 Å². The summed E-state index contributed by atoms with van der Waals surface area (Å²) in [5.41, 5.74) is 3.14. The number of hydrogen-bond donors (Lipinski definition) is 0. The van der Waals surface area contributed by atoms with Gasteiger partial charge in [-0.15, -0.1) is 10.2 Å². The van der Waals surface area contributed by atoms with E-state index in [4.69, 9.17) is 9.84 Å². The summed E-state index contributed by atoms with van der Waals surface area (Å²) in [5.74, 6) is 2.43. The molecule has 3 aromatic rings. The van der Waals surface area contributed by atoms with Crippen LogP contribution in [-0.2, 0) is 0 Å². The van der Waals surface area contributed by atoms with Crippen LogP contribution in [0.2, 0.25) is 0 Å². The Labute approximate surface area is 157 Å². The molecule has 0 N–H and O–H groups in total. The number of unbranched alkanes of at least 4 members (excludes halogenated alkanes) is 1. The Morgan fingerprint density at radius 2 is 1.81 bits per heavy atom. The number of benzene rings is 2. The lowest BCUT2D eigenvalue weighted by Crippen LogP contribution is -2.13. The van der Waals surface area contributed by atoms with Crippen molar-refractivity contribution in [2.24, 2.45) is 5.10 Å². The van der Waals surface area contributed by atoms with Gasteiger partial charge in [0.05, 0.1) is 12.3 Å². The van der Waals surface area contributed by atoms with E-state index in [0.29, 0.717) is 0 Å². The van der Waals surface area contributed by atoms with E-state index in [9.17, 15) is 0 Å². The lowest BCUT2D eigenvalue weighted by atomic mass is 10.1. The first-order valence-corrected chi connectivity index (χ1v) is 9.78. The van der Waals surface area contributed by atoms with Crippen LogP contribution < -0.4 is 4.74 Å².